The molecule has 1 aromatic carbocycles. The molecule has 0 radical (unpaired) electrons. The predicted molar refractivity (Wildman–Crippen MR) is 92.0 cm³/mol. The molecular formula is C19H23NO3. The fourth-order valence-corrected chi connectivity index (χ4v) is 2.54. The van der Waals surface area contributed by atoms with E-state index in [1.165, 1.54) is 0 Å². The van der Waals surface area contributed by atoms with Crippen LogP contribution in [0.2, 0.25) is 0 Å². The number of ether oxygens (including phenoxy) is 2. The number of carbonyl (C=O) groups excluding carboxylic acids is 1. The molecule has 23 heavy (non-hydrogen) atoms. The fraction of sp³-hybridized carbons (Fsp3) is 0.421. The molecule has 2 aromatic rings. The Bertz CT molecular complexity index is 775. The van der Waals surface area contributed by atoms with Crippen molar-refractivity contribution in [3.8, 4) is 17.6 Å². The summed E-state index contributed by atoms with van der Waals surface area (Å²) in [7, 11) is 0. The number of aromatic amines is 1. The number of benzene rings is 1. The average Bonchev–Trinajstić information content (AvgIpc) is 2.83. The lowest BCUT2D eigenvalue weighted by Crippen LogP contribution is -2.06. The van der Waals surface area contributed by atoms with Gasteiger partial charge in [-0.1, -0.05) is 19.8 Å². The molecule has 0 spiro atoms. The minimum absolute atomic E-state index is 0.310. The first-order valence-corrected chi connectivity index (χ1v) is 7.85. The van der Waals surface area contributed by atoms with Crippen LogP contribution in [0.3, 0.4) is 0 Å². The van der Waals surface area contributed by atoms with Gasteiger partial charge in [0.05, 0.1) is 12.1 Å². The lowest BCUT2D eigenvalue weighted by atomic mass is 9.99. The Balaban J connectivity index is 2.53. The van der Waals surface area contributed by atoms with Gasteiger partial charge in [-0.3, -0.25) is 0 Å². The summed E-state index contributed by atoms with van der Waals surface area (Å²) in [6, 6.07) is 4.03. The fourth-order valence-electron chi connectivity index (χ4n) is 2.54. The van der Waals surface area contributed by atoms with Gasteiger partial charge < -0.3 is 14.5 Å². The number of nitrogens with one attached hydrogen (secondary N) is 1. The average molecular weight is 313 g/mol. The molecular weight excluding hydrogens is 290 g/mol. The van der Waals surface area contributed by atoms with Gasteiger partial charge in [0.15, 0.2) is 0 Å². The van der Waals surface area contributed by atoms with Crippen molar-refractivity contribution in [1.82, 2.24) is 4.98 Å². The molecule has 0 aliphatic rings. The van der Waals surface area contributed by atoms with Crippen molar-refractivity contribution in [2.24, 2.45) is 0 Å². The van der Waals surface area contributed by atoms with Gasteiger partial charge in [0.25, 0.3) is 0 Å². The Hall–Kier alpha value is -2.41. The summed E-state index contributed by atoms with van der Waals surface area (Å²) in [5, 5.41) is 1.02. The van der Waals surface area contributed by atoms with Crippen molar-refractivity contribution in [2.45, 2.75) is 40.5 Å². The highest BCUT2D eigenvalue weighted by atomic mass is 16.5. The lowest BCUT2D eigenvalue weighted by molar-refractivity contribution is 0.0519. The summed E-state index contributed by atoms with van der Waals surface area (Å²) in [5.41, 5.74) is 3.38. The molecule has 0 amide bonds. The first-order valence-electron chi connectivity index (χ1n) is 7.85. The van der Waals surface area contributed by atoms with Gasteiger partial charge in [-0.15, -0.1) is 5.92 Å². The van der Waals surface area contributed by atoms with Gasteiger partial charge in [0, 0.05) is 11.5 Å². The third-order valence-electron chi connectivity index (χ3n) is 3.77. The maximum Gasteiger partial charge on any atom is 0.355 e. The molecule has 0 unspecified atom stereocenters. The van der Waals surface area contributed by atoms with E-state index in [1.54, 1.807) is 13.8 Å². The van der Waals surface area contributed by atoms with E-state index in [0.717, 1.165) is 27.8 Å². The Morgan fingerprint density at radius 3 is 2.70 bits per heavy atom. The number of carbonyl (C=O) groups is 1. The van der Waals surface area contributed by atoms with Crippen LogP contribution >= 0.6 is 0 Å². The quantitative estimate of drug-likeness (QED) is 0.665. The number of hydrogen-bond donors (Lipinski definition) is 1. The molecule has 1 aromatic heterocycles. The van der Waals surface area contributed by atoms with Crippen molar-refractivity contribution in [1.29, 1.82) is 0 Å². The van der Waals surface area contributed by atoms with Gasteiger partial charge >= 0.3 is 5.97 Å². The second kappa shape index (κ2) is 7.23. The zero-order chi connectivity index (χ0) is 17.0. The number of esters is 1. The molecule has 0 atom stereocenters. The van der Waals surface area contributed by atoms with E-state index in [0.29, 0.717) is 24.8 Å². The molecule has 2 rings (SSSR count). The molecule has 1 heterocycles. The van der Waals surface area contributed by atoms with Crippen molar-refractivity contribution in [3.05, 3.63) is 29.0 Å². The molecule has 0 aliphatic carbocycles. The largest absolute Gasteiger partial charge is 0.481 e. The van der Waals surface area contributed by atoms with Crippen molar-refractivity contribution >= 4 is 16.9 Å². The highest BCUT2D eigenvalue weighted by molar-refractivity contribution is 5.98. The number of aryl methyl sites for hydroxylation is 1. The van der Waals surface area contributed by atoms with Gasteiger partial charge in [0.1, 0.15) is 18.1 Å². The Morgan fingerprint density at radius 1 is 1.35 bits per heavy atom. The molecule has 4 nitrogen and oxygen atoms in total. The molecule has 0 fully saturated rings. The maximum atomic E-state index is 12.0. The van der Waals surface area contributed by atoms with Crippen LogP contribution in [0, 0.1) is 18.8 Å². The summed E-state index contributed by atoms with van der Waals surface area (Å²) in [6.45, 7) is 10.5. The van der Waals surface area contributed by atoms with Crippen LogP contribution in [0.4, 0.5) is 0 Å². The Labute approximate surface area is 137 Å². The number of rotatable bonds is 5. The molecule has 1 N–H and O–H groups in total. The van der Waals surface area contributed by atoms with Gasteiger partial charge in [-0.25, -0.2) is 4.79 Å². The van der Waals surface area contributed by atoms with Crippen LogP contribution < -0.4 is 4.74 Å². The summed E-state index contributed by atoms with van der Waals surface area (Å²) in [6.07, 6.45) is 0. The van der Waals surface area contributed by atoms with Gasteiger partial charge in [-0.05, 0) is 43.9 Å². The van der Waals surface area contributed by atoms with Crippen LogP contribution in [0.5, 0.6) is 5.75 Å². The lowest BCUT2D eigenvalue weighted by Gasteiger charge is -2.13. The van der Waals surface area contributed by atoms with Crippen molar-refractivity contribution in [3.63, 3.8) is 0 Å². The summed E-state index contributed by atoms with van der Waals surface area (Å²) < 4.78 is 10.9. The highest BCUT2D eigenvalue weighted by Gasteiger charge is 2.18. The zero-order valence-corrected chi connectivity index (χ0v) is 14.4. The molecule has 0 aliphatic heterocycles. The highest BCUT2D eigenvalue weighted by Crippen LogP contribution is 2.33. The molecule has 4 heteroatoms. The van der Waals surface area contributed by atoms with Crippen LogP contribution in [0.1, 0.15) is 55.2 Å². The van der Waals surface area contributed by atoms with Gasteiger partial charge in [-0.2, -0.15) is 0 Å². The van der Waals surface area contributed by atoms with E-state index in [-0.39, 0.29) is 5.97 Å². The van der Waals surface area contributed by atoms with Crippen LogP contribution in [0.25, 0.3) is 10.9 Å². The minimum Gasteiger partial charge on any atom is -0.481 e. The SMILES string of the molecule is CC#CCOc1cc2[nH]c(C(=O)OCC)c(C)c2cc1C(C)C. The minimum atomic E-state index is -0.327. The third-order valence-corrected chi connectivity index (χ3v) is 3.77. The van der Waals surface area contributed by atoms with Crippen LogP contribution in [0.15, 0.2) is 12.1 Å². The Morgan fingerprint density at radius 2 is 2.09 bits per heavy atom. The number of aromatic nitrogens is 1. The summed E-state index contributed by atoms with van der Waals surface area (Å²) >= 11 is 0. The normalized spacial score (nSPS) is 10.5. The molecule has 0 saturated carbocycles. The summed E-state index contributed by atoms with van der Waals surface area (Å²) in [4.78, 5) is 15.2. The zero-order valence-electron chi connectivity index (χ0n) is 14.4. The second-order valence-electron chi connectivity index (χ2n) is 5.65. The summed E-state index contributed by atoms with van der Waals surface area (Å²) in [5.74, 6) is 6.51. The Kier molecular flexibility index (Phi) is 5.33. The molecule has 0 saturated heterocycles. The van der Waals surface area contributed by atoms with Crippen molar-refractivity contribution < 1.29 is 14.3 Å². The topological polar surface area (TPSA) is 51.3 Å². The van der Waals surface area contributed by atoms with E-state index >= 15 is 0 Å². The van der Waals surface area contributed by atoms with E-state index in [1.807, 2.05) is 13.0 Å². The second-order valence-corrected chi connectivity index (χ2v) is 5.65. The van der Waals surface area contributed by atoms with E-state index < -0.39 is 0 Å². The first-order chi connectivity index (χ1) is 11.0. The first kappa shape index (κ1) is 17.0. The third kappa shape index (κ3) is 3.50. The van der Waals surface area contributed by atoms with Crippen LogP contribution in [-0.4, -0.2) is 24.2 Å². The predicted octanol–water partition coefficient (Wildman–Crippen LogP) is 4.18. The smallest absolute Gasteiger partial charge is 0.355 e. The number of hydrogen-bond acceptors (Lipinski definition) is 3. The standard InChI is InChI=1S/C19H23NO3/c1-6-8-9-23-17-11-16-15(10-14(17)12(3)4)13(5)18(20-16)19(21)22-7-2/h10-12,20H,7,9H2,1-5H3. The number of fused-ring (bicyclic) bond motifs is 1. The molecule has 0 bridgehead atoms. The van der Waals surface area contributed by atoms with E-state index in [2.05, 4.69) is 36.7 Å². The monoisotopic (exact) mass is 313 g/mol. The number of H-pyrrole nitrogens is 1. The van der Waals surface area contributed by atoms with Crippen LogP contribution in [-0.2, 0) is 4.74 Å². The maximum absolute atomic E-state index is 12.0. The van der Waals surface area contributed by atoms with E-state index in [9.17, 15) is 4.79 Å². The van der Waals surface area contributed by atoms with Gasteiger partial charge in [0.2, 0.25) is 0 Å². The van der Waals surface area contributed by atoms with Crippen molar-refractivity contribution in [2.75, 3.05) is 13.2 Å². The van der Waals surface area contributed by atoms with E-state index in [4.69, 9.17) is 9.47 Å². The molecule has 122 valence electrons.